The number of halogens is 2. The van der Waals surface area contributed by atoms with Gasteiger partial charge in [0.15, 0.2) is 0 Å². The van der Waals surface area contributed by atoms with Crippen molar-refractivity contribution in [3.63, 3.8) is 0 Å². The first-order valence-corrected chi connectivity index (χ1v) is 12.1. The van der Waals surface area contributed by atoms with Crippen molar-refractivity contribution in [2.24, 2.45) is 0 Å². The van der Waals surface area contributed by atoms with Crippen molar-refractivity contribution < 1.29 is 29.0 Å². The molecule has 0 saturated heterocycles. The van der Waals surface area contributed by atoms with Crippen LogP contribution in [-0.4, -0.2) is 13.2 Å². The number of rotatable bonds is 8. The van der Waals surface area contributed by atoms with Crippen molar-refractivity contribution in [2.75, 3.05) is 13.2 Å². The Kier molecular flexibility index (Phi) is 12.9. The SMILES string of the molecule is CCOc1ccc(Cc2c[c-]ccc2Cl)cc1.CCOc1ccc(Cc2c[c-]ccc2Cl)cc1.[Zn+2]. The molecule has 5 heteroatoms. The molecule has 0 fully saturated rings. The molecule has 0 N–H and O–H groups in total. The quantitative estimate of drug-likeness (QED) is 0.161. The van der Waals surface area contributed by atoms with Crippen LogP contribution in [0.5, 0.6) is 11.5 Å². The third-order valence-electron chi connectivity index (χ3n) is 5.04. The van der Waals surface area contributed by atoms with Crippen molar-refractivity contribution in [1.29, 1.82) is 0 Å². The van der Waals surface area contributed by atoms with Crippen LogP contribution in [0.3, 0.4) is 0 Å². The van der Waals surface area contributed by atoms with Crippen LogP contribution < -0.4 is 9.47 Å². The monoisotopic (exact) mass is 554 g/mol. The smallest absolute Gasteiger partial charge is 0.494 e. The molecular formula is C30H28Cl2O2Zn. The Morgan fingerprint density at radius 1 is 0.600 bits per heavy atom. The van der Waals surface area contributed by atoms with E-state index in [1.807, 2.05) is 74.5 Å². The van der Waals surface area contributed by atoms with Crippen molar-refractivity contribution in [1.82, 2.24) is 0 Å². The van der Waals surface area contributed by atoms with Crippen LogP contribution in [0, 0.1) is 12.1 Å². The molecule has 0 unspecified atom stereocenters. The van der Waals surface area contributed by atoms with Gasteiger partial charge in [-0.25, -0.2) is 0 Å². The van der Waals surface area contributed by atoms with Gasteiger partial charge in [-0.05, 0) is 51.0 Å². The number of ether oxygens (including phenoxy) is 2. The zero-order chi connectivity index (χ0) is 24.2. The van der Waals surface area contributed by atoms with Crippen molar-refractivity contribution in [2.45, 2.75) is 26.7 Å². The van der Waals surface area contributed by atoms with Crippen molar-refractivity contribution in [3.05, 3.63) is 129 Å². The maximum absolute atomic E-state index is 6.11. The minimum absolute atomic E-state index is 0. The van der Waals surface area contributed by atoms with Gasteiger partial charge in [0, 0.05) is 0 Å². The van der Waals surface area contributed by atoms with Gasteiger partial charge in [0.05, 0.1) is 13.2 Å². The molecule has 4 rings (SSSR count). The third-order valence-corrected chi connectivity index (χ3v) is 5.78. The molecule has 0 radical (unpaired) electrons. The second-order valence-electron chi connectivity index (χ2n) is 7.54. The van der Waals surface area contributed by atoms with Gasteiger partial charge in [-0.1, -0.05) is 45.4 Å². The molecule has 4 aromatic rings. The van der Waals surface area contributed by atoms with Crippen molar-refractivity contribution in [3.8, 4) is 11.5 Å². The number of benzene rings is 4. The summed E-state index contributed by atoms with van der Waals surface area (Å²) < 4.78 is 10.8. The van der Waals surface area contributed by atoms with Gasteiger partial charge in [0.2, 0.25) is 0 Å². The maximum atomic E-state index is 6.11. The van der Waals surface area contributed by atoms with E-state index in [1.165, 1.54) is 11.1 Å². The largest absolute Gasteiger partial charge is 2.00 e. The Balaban J connectivity index is 0.000000240. The van der Waals surface area contributed by atoms with Crippen LogP contribution in [0.4, 0.5) is 0 Å². The molecule has 2 nitrogen and oxygen atoms in total. The first-order valence-electron chi connectivity index (χ1n) is 11.3. The zero-order valence-electron chi connectivity index (χ0n) is 20.2. The molecule has 35 heavy (non-hydrogen) atoms. The average molecular weight is 557 g/mol. The van der Waals surface area contributed by atoms with Crippen molar-refractivity contribution >= 4 is 23.2 Å². The summed E-state index contributed by atoms with van der Waals surface area (Å²) in [5, 5.41) is 1.58. The molecule has 0 spiro atoms. The van der Waals surface area contributed by atoms with Gasteiger partial charge in [-0.2, -0.15) is 48.5 Å². The van der Waals surface area contributed by atoms with Crippen LogP contribution in [0.15, 0.2) is 84.9 Å². The fourth-order valence-corrected chi connectivity index (χ4v) is 3.71. The van der Waals surface area contributed by atoms with E-state index in [1.54, 1.807) is 0 Å². The summed E-state index contributed by atoms with van der Waals surface area (Å²) in [6, 6.07) is 33.5. The Hall–Kier alpha value is -2.32. The fourth-order valence-electron chi connectivity index (χ4n) is 3.34. The standard InChI is InChI=1S/2C15H14ClO.Zn/c2*1-2-17-14-9-7-12(8-10-14)11-13-5-3-4-6-15(13)16;/h2*4-10H,2,11H2,1H3;/q2*-1;+2. The van der Waals surface area contributed by atoms with E-state index in [0.717, 1.165) is 45.5 Å². The summed E-state index contributed by atoms with van der Waals surface area (Å²) in [5.74, 6) is 1.81. The number of hydrogen-bond donors (Lipinski definition) is 0. The van der Waals surface area contributed by atoms with E-state index in [2.05, 4.69) is 36.4 Å². The van der Waals surface area contributed by atoms with E-state index in [9.17, 15) is 0 Å². The molecule has 0 amide bonds. The van der Waals surface area contributed by atoms with Gasteiger partial charge < -0.3 is 9.47 Å². The van der Waals surface area contributed by atoms with E-state index in [4.69, 9.17) is 32.7 Å². The molecule has 0 heterocycles. The Morgan fingerprint density at radius 2 is 0.971 bits per heavy atom. The van der Waals surface area contributed by atoms with Crippen LogP contribution >= 0.6 is 23.2 Å². The summed E-state index contributed by atoms with van der Waals surface area (Å²) in [4.78, 5) is 0. The van der Waals surface area contributed by atoms with Gasteiger partial charge in [-0.3, -0.25) is 0 Å². The molecule has 0 saturated carbocycles. The van der Waals surface area contributed by atoms with Crippen LogP contribution in [-0.2, 0) is 32.3 Å². The minimum Gasteiger partial charge on any atom is -0.494 e. The molecule has 176 valence electrons. The number of hydrogen-bond acceptors (Lipinski definition) is 2. The van der Waals surface area contributed by atoms with E-state index in [0.29, 0.717) is 13.2 Å². The fraction of sp³-hybridized carbons (Fsp3) is 0.200. The second-order valence-corrected chi connectivity index (χ2v) is 8.36. The summed E-state index contributed by atoms with van der Waals surface area (Å²) in [6.07, 6.45) is 1.64. The van der Waals surface area contributed by atoms with E-state index >= 15 is 0 Å². The van der Waals surface area contributed by atoms with Gasteiger partial charge in [0.1, 0.15) is 11.5 Å². The van der Waals surface area contributed by atoms with Gasteiger partial charge >= 0.3 is 19.5 Å². The topological polar surface area (TPSA) is 18.5 Å². The summed E-state index contributed by atoms with van der Waals surface area (Å²) in [7, 11) is 0. The predicted molar refractivity (Wildman–Crippen MR) is 141 cm³/mol. The summed E-state index contributed by atoms with van der Waals surface area (Å²) in [6.45, 7) is 5.35. The molecule has 0 aliphatic heterocycles. The maximum Gasteiger partial charge on any atom is 2.00 e. The van der Waals surface area contributed by atoms with Gasteiger partial charge in [0.25, 0.3) is 0 Å². The zero-order valence-corrected chi connectivity index (χ0v) is 24.7. The molecule has 0 aliphatic carbocycles. The molecule has 0 bridgehead atoms. The van der Waals surface area contributed by atoms with Gasteiger partial charge in [-0.15, -0.1) is 34.3 Å². The minimum atomic E-state index is 0. The summed E-state index contributed by atoms with van der Waals surface area (Å²) >= 11 is 12.2. The predicted octanol–water partition coefficient (Wildman–Crippen LogP) is 8.26. The molecule has 0 aromatic heterocycles. The molecule has 0 aliphatic rings. The Labute approximate surface area is 232 Å². The normalized spacial score (nSPS) is 9.94. The first kappa shape index (κ1) is 28.9. The Morgan fingerprint density at radius 3 is 1.29 bits per heavy atom. The van der Waals surface area contributed by atoms with Crippen LogP contribution in [0.25, 0.3) is 0 Å². The Bertz CT molecular complexity index is 1050. The molecule has 0 atom stereocenters. The van der Waals surface area contributed by atoms with Crippen LogP contribution in [0.2, 0.25) is 10.0 Å². The third kappa shape index (κ3) is 9.69. The molecular weight excluding hydrogens is 529 g/mol. The van der Waals surface area contributed by atoms with Crippen LogP contribution in [0.1, 0.15) is 36.1 Å². The second kappa shape index (κ2) is 15.6. The average Bonchev–Trinajstić information content (AvgIpc) is 2.85. The summed E-state index contributed by atoms with van der Waals surface area (Å²) in [5.41, 5.74) is 4.63. The van der Waals surface area contributed by atoms with E-state index in [-0.39, 0.29) is 19.5 Å². The molecule has 4 aromatic carbocycles. The first-order chi connectivity index (χ1) is 16.6. The van der Waals surface area contributed by atoms with E-state index < -0.39 is 0 Å².